The number of nitrogens with zero attached hydrogens (tertiary/aromatic N) is 1. The summed E-state index contributed by atoms with van der Waals surface area (Å²) in [5.74, 6) is 2.91. The van der Waals surface area contributed by atoms with Crippen molar-refractivity contribution in [3.63, 3.8) is 0 Å². The van der Waals surface area contributed by atoms with Gasteiger partial charge in [0.15, 0.2) is 0 Å². The fraction of sp³-hybridized carbons (Fsp3) is 0.435. The zero-order valence-electron chi connectivity index (χ0n) is 16.1. The zero-order valence-corrected chi connectivity index (χ0v) is 16.1. The lowest BCUT2D eigenvalue weighted by Gasteiger charge is -2.20. The van der Waals surface area contributed by atoms with Gasteiger partial charge in [0.2, 0.25) is 0 Å². The Bertz CT molecular complexity index is 863. The van der Waals surface area contributed by atoms with Crippen LogP contribution in [0.4, 0.5) is 5.69 Å². The molecular weight excluding hydrogens is 334 g/mol. The number of benzene rings is 2. The van der Waals surface area contributed by atoms with E-state index in [1.165, 1.54) is 44.1 Å². The third kappa shape index (κ3) is 4.62. The predicted molar refractivity (Wildman–Crippen MR) is 111 cm³/mol. The summed E-state index contributed by atoms with van der Waals surface area (Å²) >= 11 is 0. The number of ether oxygens (including phenoxy) is 1. The van der Waals surface area contributed by atoms with E-state index >= 15 is 0 Å². The van der Waals surface area contributed by atoms with Crippen LogP contribution in [0.25, 0.3) is 11.0 Å². The second kappa shape index (κ2) is 8.47. The van der Waals surface area contributed by atoms with E-state index in [4.69, 9.17) is 9.72 Å². The first-order valence-corrected chi connectivity index (χ1v) is 10.2. The van der Waals surface area contributed by atoms with Crippen LogP contribution in [-0.2, 0) is 13.0 Å². The number of anilines is 1. The smallest absolute Gasteiger partial charge is 0.118 e. The number of aromatic amines is 1. The SMILES string of the molecule is COc1ccc(CNc2ccc3nc(CCC4CCCCC4)[nH]c3c2)cc1. The highest BCUT2D eigenvalue weighted by Crippen LogP contribution is 2.27. The summed E-state index contributed by atoms with van der Waals surface area (Å²) in [7, 11) is 1.69. The van der Waals surface area contributed by atoms with Gasteiger partial charge in [0.25, 0.3) is 0 Å². The van der Waals surface area contributed by atoms with Gasteiger partial charge in [-0.15, -0.1) is 0 Å². The monoisotopic (exact) mass is 363 g/mol. The fourth-order valence-corrected chi connectivity index (χ4v) is 4.05. The number of aromatic nitrogens is 2. The standard InChI is InChI=1S/C23H29N3O/c1-27-20-11-7-18(8-12-20)16-24-19-10-13-21-22(15-19)26-23(25-21)14-9-17-5-3-2-4-6-17/h7-8,10-13,15,17,24H,2-6,9,14,16H2,1H3,(H,25,26). The lowest BCUT2D eigenvalue weighted by Crippen LogP contribution is -2.07. The molecule has 1 fully saturated rings. The Morgan fingerprint density at radius 1 is 1.07 bits per heavy atom. The molecule has 1 aliphatic rings. The number of hydrogen-bond donors (Lipinski definition) is 2. The molecule has 2 N–H and O–H groups in total. The van der Waals surface area contributed by atoms with Gasteiger partial charge in [-0.25, -0.2) is 4.98 Å². The number of H-pyrrole nitrogens is 1. The number of rotatable bonds is 7. The lowest BCUT2D eigenvalue weighted by molar-refractivity contribution is 0.337. The van der Waals surface area contributed by atoms with Crippen molar-refractivity contribution in [3.8, 4) is 5.75 Å². The van der Waals surface area contributed by atoms with E-state index in [1.54, 1.807) is 7.11 Å². The number of hydrogen-bond acceptors (Lipinski definition) is 3. The van der Waals surface area contributed by atoms with Gasteiger partial charge >= 0.3 is 0 Å². The van der Waals surface area contributed by atoms with Gasteiger partial charge in [0, 0.05) is 18.7 Å². The van der Waals surface area contributed by atoms with E-state index in [9.17, 15) is 0 Å². The summed E-state index contributed by atoms with van der Waals surface area (Å²) in [6, 6.07) is 14.5. The maximum Gasteiger partial charge on any atom is 0.118 e. The number of aryl methyl sites for hydroxylation is 1. The molecule has 0 bridgehead atoms. The molecule has 1 saturated carbocycles. The van der Waals surface area contributed by atoms with Gasteiger partial charge in [-0.2, -0.15) is 0 Å². The number of nitrogens with one attached hydrogen (secondary N) is 2. The second-order valence-electron chi connectivity index (χ2n) is 7.66. The summed E-state index contributed by atoms with van der Waals surface area (Å²) in [4.78, 5) is 8.30. The summed E-state index contributed by atoms with van der Waals surface area (Å²) in [5.41, 5.74) is 4.52. The molecule has 1 aliphatic carbocycles. The average molecular weight is 364 g/mol. The van der Waals surface area contributed by atoms with Gasteiger partial charge in [-0.3, -0.25) is 0 Å². The van der Waals surface area contributed by atoms with Crippen LogP contribution in [0.3, 0.4) is 0 Å². The molecule has 0 saturated heterocycles. The molecule has 2 aromatic carbocycles. The Morgan fingerprint density at radius 2 is 1.89 bits per heavy atom. The Kier molecular flexibility index (Phi) is 5.61. The molecule has 27 heavy (non-hydrogen) atoms. The van der Waals surface area contributed by atoms with Crippen LogP contribution in [0.1, 0.15) is 49.9 Å². The van der Waals surface area contributed by atoms with E-state index in [2.05, 4.69) is 40.6 Å². The third-order valence-corrected chi connectivity index (χ3v) is 5.70. The van der Waals surface area contributed by atoms with Crippen LogP contribution in [0, 0.1) is 5.92 Å². The second-order valence-corrected chi connectivity index (χ2v) is 7.66. The summed E-state index contributed by atoms with van der Waals surface area (Å²) in [6.07, 6.45) is 9.38. The maximum atomic E-state index is 5.21. The highest BCUT2D eigenvalue weighted by atomic mass is 16.5. The van der Waals surface area contributed by atoms with E-state index < -0.39 is 0 Å². The number of fused-ring (bicyclic) bond motifs is 1. The van der Waals surface area contributed by atoms with Crippen LogP contribution in [0.2, 0.25) is 0 Å². The minimum atomic E-state index is 0.790. The Morgan fingerprint density at radius 3 is 2.67 bits per heavy atom. The number of imidazole rings is 1. The molecule has 142 valence electrons. The van der Waals surface area contributed by atoms with Crippen LogP contribution < -0.4 is 10.1 Å². The first-order valence-electron chi connectivity index (χ1n) is 10.2. The van der Waals surface area contributed by atoms with Crippen molar-refractivity contribution in [2.75, 3.05) is 12.4 Å². The first kappa shape index (κ1) is 17.9. The zero-order chi connectivity index (χ0) is 18.5. The van der Waals surface area contributed by atoms with Gasteiger partial charge < -0.3 is 15.0 Å². The highest BCUT2D eigenvalue weighted by Gasteiger charge is 2.14. The van der Waals surface area contributed by atoms with Gasteiger partial charge in [0.1, 0.15) is 11.6 Å². The Labute approximate surface area is 161 Å². The predicted octanol–water partition coefficient (Wildman–Crippen LogP) is 5.70. The molecule has 4 nitrogen and oxygen atoms in total. The van der Waals surface area contributed by atoms with E-state index in [-0.39, 0.29) is 0 Å². The van der Waals surface area contributed by atoms with Crippen molar-refractivity contribution in [2.45, 2.75) is 51.5 Å². The van der Waals surface area contributed by atoms with Crippen LogP contribution >= 0.6 is 0 Å². The molecular formula is C23H29N3O. The van der Waals surface area contributed by atoms with Crippen LogP contribution in [0.15, 0.2) is 42.5 Å². The van der Waals surface area contributed by atoms with E-state index in [0.717, 1.165) is 47.2 Å². The molecule has 0 unspecified atom stereocenters. The van der Waals surface area contributed by atoms with Crippen molar-refractivity contribution in [1.82, 2.24) is 9.97 Å². The molecule has 0 spiro atoms. The highest BCUT2D eigenvalue weighted by molar-refractivity contribution is 5.79. The fourth-order valence-electron chi connectivity index (χ4n) is 4.05. The van der Waals surface area contributed by atoms with Gasteiger partial charge in [0.05, 0.1) is 18.1 Å². The normalized spacial score (nSPS) is 15.1. The maximum absolute atomic E-state index is 5.21. The summed E-state index contributed by atoms with van der Waals surface area (Å²) < 4.78 is 5.21. The molecule has 4 heteroatoms. The Balaban J connectivity index is 1.36. The minimum absolute atomic E-state index is 0.790. The molecule has 0 radical (unpaired) electrons. The van der Waals surface area contributed by atoms with Gasteiger partial charge in [-0.05, 0) is 48.2 Å². The Hall–Kier alpha value is -2.49. The van der Waals surface area contributed by atoms with E-state index in [1.807, 2.05) is 12.1 Å². The van der Waals surface area contributed by atoms with Crippen molar-refractivity contribution < 1.29 is 4.74 Å². The van der Waals surface area contributed by atoms with Crippen molar-refractivity contribution >= 4 is 16.7 Å². The quantitative estimate of drug-likeness (QED) is 0.566. The van der Waals surface area contributed by atoms with Crippen LogP contribution in [0.5, 0.6) is 5.75 Å². The molecule has 3 aromatic rings. The minimum Gasteiger partial charge on any atom is -0.497 e. The molecule has 0 aliphatic heterocycles. The summed E-state index contributed by atoms with van der Waals surface area (Å²) in [6.45, 7) is 0.790. The average Bonchev–Trinajstić information content (AvgIpc) is 3.14. The topological polar surface area (TPSA) is 49.9 Å². The van der Waals surface area contributed by atoms with Crippen molar-refractivity contribution in [2.24, 2.45) is 5.92 Å². The van der Waals surface area contributed by atoms with Crippen LogP contribution in [-0.4, -0.2) is 17.1 Å². The molecule has 1 heterocycles. The molecule has 4 rings (SSSR count). The van der Waals surface area contributed by atoms with Crippen molar-refractivity contribution in [1.29, 1.82) is 0 Å². The molecule has 0 atom stereocenters. The van der Waals surface area contributed by atoms with Gasteiger partial charge in [-0.1, -0.05) is 44.2 Å². The largest absolute Gasteiger partial charge is 0.497 e. The summed E-state index contributed by atoms with van der Waals surface area (Å²) in [5, 5.41) is 3.49. The third-order valence-electron chi connectivity index (χ3n) is 5.70. The first-order chi connectivity index (χ1) is 13.3. The number of methoxy groups -OCH3 is 1. The van der Waals surface area contributed by atoms with E-state index in [0.29, 0.717) is 0 Å². The lowest BCUT2D eigenvalue weighted by atomic mass is 9.86. The van der Waals surface area contributed by atoms with Crippen molar-refractivity contribution in [3.05, 3.63) is 53.9 Å². The molecule has 1 aromatic heterocycles. The molecule has 0 amide bonds.